The molecule has 0 radical (unpaired) electrons. The first kappa shape index (κ1) is 12.0. The Morgan fingerprint density at radius 2 is 2.24 bits per heavy atom. The molecular formula is C12H15N3OS. The number of nitrogens with two attached hydrogens (primary N) is 1. The lowest BCUT2D eigenvalue weighted by molar-refractivity contribution is 0.489. The Bertz CT molecular complexity index is 545. The number of rotatable bonds is 3. The number of H-pyrrole nitrogens is 1. The SMILES string of the molecule is CC(C)C(N)c1nc(-c2cccs2)cc(=O)[nH]1. The molecule has 0 fully saturated rings. The first-order chi connectivity index (χ1) is 8.08. The van der Waals surface area contributed by atoms with Crippen LogP contribution in [0.5, 0.6) is 0 Å². The van der Waals surface area contributed by atoms with Gasteiger partial charge in [0.25, 0.3) is 5.56 Å². The zero-order chi connectivity index (χ0) is 12.4. The molecule has 90 valence electrons. The predicted molar refractivity (Wildman–Crippen MR) is 69.9 cm³/mol. The summed E-state index contributed by atoms with van der Waals surface area (Å²) < 4.78 is 0. The molecule has 3 N–H and O–H groups in total. The van der Waals surface area contributed by atoms with Crippen LogP contribution in [0.2, 0.25) is 0 Å². The lowest BCUT2D eigenvalue weighted by atomic mass is 10.1. The molecule has 2 aromatic heterocycles. The fraction of sp³-hybridized carbons (Fsp3) is 0.333. The summed E-state index contributed by atoms with van der Waals surface area (Å²) in [6.07, 6.45) is 0. The maximum absolute atomic E-state index is 11.6. The van der Waals surface area contributed by atoms with Crippen molar-refractivity contribution in [1.82, 2.24) is 9.97 Å². The number of thiophene rings is 1. The zero-order valence-corrected chi connectivity index (χ0v) is 10.6. The van der Waals surface area contributed by atoms with E-state index in [1.165, 1.54) is 6.07 Å². The highest BCUT2D eigenvalue weighted by Gasteiger charge is 2.14. The largest absolute Gasteiger partial charge is 0.321 e. The maximum Gasteiger partial charge on any atom is 0.251 e. The Morgan fingerprint density at radius 1 is 1.47 bits per heavy atom. The van der Waals surface area contributed by atoms with Crippen LogP contribution in [-0.2, 0) is 0 Å². The molecule has 0 aromatic carbocycles. The summed E-state index contributed by atoms with van der Waals surface area (Å²) in [5, 5.41) is 1.96. The van der Waals surface area contributed by atoms with Gasteiger partial charge in [0.05, 0.1) is 16.6 Å². The smallest absolute Gasteiger partial charge is 0.251 e. The molecular weight excluding hydrogens is 234 g/mol. The van der Waals surface area contributed by atoms with Crippen molar-refractivity contribution in [3.05, 3.63) is 39.8 Å². The number of hydrogen-bond acceptors (Lipinski definition) is 4. The molecule has 0 saturated heterocycles. The Labute approximate surface area is 104 Å². The number of aromatic amines is 1. The van der Waals surface area contributed by atoms with Crippen LogP contribution in [0.1, 0.15) is 25.7 Å². The van der Waals surface area contributed by atoms with E-state index in [9.17, 15) is 4.79 Å². The molecule has 2 rings (SSSR count). The first-order valence-electron chi connectivity index (χ1n) is 5.48. The van der Waals surface area contributed by atoms with Gasteiger partial charge in [-0.3, -0.25) is 4.79 Å². The topological polar surface area (TPSA) is 71.8 Å². The minimum atomic E-state index is -0.248. The van der Waals surface area contributed by atoms with Crippen LogP contribution in [0.4, 0.5) is 0 Å². The summed E-state index contributed by atoms with van der Waals surface area (Å²) in [4.78, 5) is 19.7. The molecule has 17 heavy (non-hydrogen) atoms. The monoisotopic (exact) mass is 249 g/mol. The van der Waals surface area contributed by atoms with Crippen LogP contribution in [0, 0.1) is 5.92 Å². The third-order valence-corrected chi connectivity index (χ3v) is 3.46. The van der Waals surface area contributed by atoms with Gasteiger partial charge in [0.1, 0.15) is 5.82 Å². The van der Waals surface area contributed by atoms with Gasteiger partial charge in [0.2, 0.25) is 0 Å². The van der Waals surface area contributed by atoms with Crippen LogP contribution < -0.4 is 11.3 Å². The predicted octanol–water partition coefficient (Wildman–Crippen LogP) is 2.15. The number of aromatic nitrogens is 2. The molecule has 0 aliphatic heterocycles. The van der Waals surface area contributed by atoms with E-state index < -0.39 is 0 Å². The summed E-state index contributed by atoms with van der Waals surface area (Å²) in [5.41, 5.74) is 6.53. The average Bonchev–Trinajstić information content (AvgIpc) is 2.80. The first-order valence-corrected chi connectivity index (χ1v) is 6.36. The van der Waals surface area contributed by atoms with Gasteiger partial charge in [-0.05, 0) is 17.4 Å². The second kappa shape index (κ2) is 4.81. The van der Waals surface area contributed by atoms with Gasteiger partial charge >= 0.3 is 0 Å². The molecule has 2 heterocycles. The Morgan fingerprint density at radius 3 is 2.82 bits per heavy atom. The highest BCUT2D eigenvalue weighted by Crippen LogP contribution is 2.23. The third-order valence-electron chi connectivity index (χ3n) is 2.57. The van der Waals surface area contributed by atoms with Gasteiger partial charge in [0.15, 0.2) is 0 Å². The van der Waals surface area contributed by atoms with Crippen molar-refractivity contribution >= 4 is 11.3 Å². The van der Waals surface area contributed by atoms with E-state index >= 15 is 0 Å². The summed E-state index contributed by atoms with van der Waals surface area (Å²) >= 11 is 1.56. The fourth-order valence-corrected chi connectivity index (χ4v) is 2.19. The van der Waals surface area contributed by atoms with E-state index in [-0.39, 0.29) is 17.5 Å². The van der Waals surface area contributed by atoms with Crippen molar-refractivity contribution in [2.45, 2.75) is 19.9 Å². The minimum absolute atomic E-state index is 0.158. The summed E-state index contributed by atoms with van der Waals surface area (Å²) in [7, 11) is 0. The van der Waals surface area contributed by atoms with Crippen molar-refractivity contribution in [1.29, 1.82) is 0 Å². The van der Waals surface area contributed by atoms with E-state index in [4.69, 9.17) is 5.73 Å². The van der Waals surface area contributed by atoms with Gasteiger partial charge in [-0.1, -0.05) is 19.9 Å². The van der Waals surface area contributed by atoms with Gasteiger partial charge in [-0.2, -0.15) is 0 Å². The van der Waals surface area contributed by atoms with E-state index in [1.807, 2.05) is 31.4 Å². The molecule has 0 spiro atoms. The van der Waals surface area contributed by atoms with E-state index in [2.05, 4.69) is 9.97 Å². The van der Waals surface area contributed by atoms with Crippen LogP contribution >= 0.6 is 11.3 Å². The second-order valence-corrected chi connectivity index (χ2v) is 5.21. The molecule has 0 aliphatic carbocycles. The van der Waals surface area contributed by atoms with Crippen molar-refractivity contribution < 1.29 is 0 Å². The molecule has 5 heteroatoms. The Kier molecular flexibility index (Phi) is 3.40. The van der Waals surface area contributed by atoms with Gasteiger partial charge in [-0.15, -0.1) is 11.3 Å². The van der Waals surface area contributed by atoms with Crippen LogP contribution in [0.25, 0.3) is 10.6 Å². The normalized spacial score (nSPS) is 12.9. The van der Waals surface area contributed by atoms with Gasteiger partial charge in [-0.25, -0.2) is 4.98 Å². The van der Waals surface area contributed by atoms with E-state index in [0.717, 1.165) is 4.88 Å². The van der Waals surface area contributed by atoms with Crippen molar-refractivity contribution in [3.63, 3.8) is 0 Å². The van der Waals surface area contributed by atoms with Gasteiger partial charge in [0, 0.05) is 6.07 Å². The van der Waals surface area contributed by atoms with Crippen LogP contribution in [0.15, 0.2) is 28.4 Å². The van der Waals surface area contributed by atoms with E-state index in [1.54, 1.807) is 11.3 Å². The summed E-state index contributed by atoms with van der Waals surface area (Å²) in [6, 6.07) is 5.13. The standard InChI is InChI=1S/C12H15N3OS/c1-7(2)11(13)12-14-8(6-10(16)15-12)9-4-3-5-17-9/h3-7,11H,13H2,1-2H3,(H,14,15,16). The van der Waals surface area contributed by atoms with E-state index in [0.29, 0.717) is 11.5 Å². The number of nitrogens with zero attached hydrogens (tertiary/aromatic N) is 1. The molecule has 0 saturated carbocycles. The van der Waals surface area contributed by atoms with Crippen molar-refractivity contribution in [3.8, 4) is 10.6 Å². The van der Waals surface area contributed by atoms with Crippen molar-refractivity contribution in [2.24, 2.45) is 11.7 Å². The average molecular weight is 249 g/mol. The molecule has 0 amide bonds. The second-order valence-electron chi connectivity index (χ2n) is 4.26. The summed E-state index contributed by atoms with van der Waals surface area (Å²) in [5.74, 6) is 0.785. The molecule has 4 nitrogen and oxygen atoms in total. The highest BCUT2D eigenvalue weighted by molar-refractivity contribution is 7.13. The quantitative estimate of drug-likeness (QED) is 0.875. The highest BCUT2D eigenvalue weighted by atomic mass is 32.1. The minimum Gasteiger partial charge on any atom is -0.321 e. The molecule has 0 aliphatic rings. The molecule has 1 atom stereocenters. The Hall–Kier alpha value is -1.46. The maximum atomic E-state index is 11.6. The van der Waals surface area contributed by atoms with Crippen LogP contribution in [0.3, 0.4) is 0 Å². The molecule has 0 bridgehead atoms. The van der Waals surface area contributed by atoms with Crippen LogP contribution in [-0.4, -0.2) is 9.97 Å². The molecule has 2 aromatic rings. The Balaban J connectivity index is 2.47. The fourth-order valence-electron chi connectivity index (χ4n) is 1.50. The molecule has 1 unspecified atom stereocenters. The zero-order valence-electron chi connectivity index (χ0n) is 9.81. The summed E-state index contributed by atoms with van der Waals surface area (Å²) in [6.45, 7) is 4.00. The lowest BCUT2D eigenvalue weighted by Crippen LogP contribution is -2.23. The number of nitrogens with one attached hydrogen (secondary N) is 1. The third kappa shape index (κ3) is 2.62. The lowest BCUT2D eigenvalue weighted by Gasteiger charge is -2.14. The van der Waals surface area contributed by atoms with Gasteiger partial charge < -0.3 is 10.7 Å². The number of hydrogen-bond donors (Lipinski definition) is 2. The van der Waals surface area contributed by atoms with Crippen molar-refractivity contribution in [2.75, 3.05) is 0 Å².